The molecule has 0 atom stereocenters. The third-order valence-corrected chi connectivity index (χ3v) is 2.45. The van der Waals surface area contributed by atoms with Crippen LogP contribution in [0.5, 0.6) is 0 Å². The molecule has 1 N–H and O–H groups in total. The maximum absolute atomic E-state index is 10.4. The summed E-state index contributed by atoms with van der Waals surface area (Å²) in [6.07, 6.45) is 2.13. The Morgan fingerprint density at radius 3 is 2.44 bits per heavy atom. The van der Waals surface area contributed by atoms with E-state index in [0.29, 0.717) is 0 Å². The normalized spacial score (nSPS) is 11.8. The molecule has 0 aliphatic carbocycles. The van der Waals surface area contributed by atoms with Gasteiger partial charge in [-0.25, -0.2) is 8.42 Å². The van der Waals surface area contributed by atoms with E-state index in [9.17, 15) is 8.42 Å². The van der Waals surface area contributed by atoms with Gasteiger partial charge in [0.15, 0.2) is 0 Å². The van der Waals surface area contributed by atoms with E-state index >= 15 is 0 Å². The summed E-state index contributed by atoms with van der Waals surface area (Å²) in [6, 6.07) is 0. The molecular formula is C4H11NO2S2. The molecule has 0 aliphatic rings. The molecule has 0 spiro atoms. The van der Waals surface area contributed by atoms with Crippen molar-refractivity contribution in [3.8, 4) is 0 Å². The lowest BCUT2D eigenvalue weighted by molar-refractivity contribution is 0.615. The third-order valence-electron chi connectivity index (χ3n) is 0.562. The molecule has 0 aromatic heterocycles. The van der Waals surface area contributed by atoms with Gasteiger partial charge < -0.3 is 0 Å². The van der Waals surface area contributed by atoms with Crippen molar-refractivity contribution in [2.24, 2.45) is 0 Å². The zero-order valence-electron chi connectivity index (χ0n) is 5.55. The Balaban J connectivity index is 3.30. The highest BCUT2D eigenvalue weighted by atomic mass is 33.1. The van der Waals surface area contributed by atoms with Crippen LogP contribution < -0.4 is 4.72 Å². The van der Waals surface area contributed by atoms with Crippen LogP contribution in [0, 0.1) is 0 Å². The fourth-order valence-electron chi connectivity index (χ4n) is 0.251. The summed E-state index contributed by atoms with van der Waals surface area (Å²) in [6.45, 7) is 2.72. The third kappa shape index (κ3) is 8.26. The summed E-state index contributed by atoms with van der Waals surface area (Å²) in [7, 11) is -2.11. The van der Waals surface area contributed by atoms with Crippen molar-refractivity contribution < 1.29 is 8.42 Å². The van der Waals surface area contributed by atoms with Crippen molar-refractivity contribution in [3.05, 3.63) is 0 Å². The Kier molecular flexibility index (Phi) is 4.26. The first-order chi connectivity index (χ1) is 4.06. The van der Waals surface area contributed by atoms with E-state index in [-0.39, 0.29) is 0 Å². The summed E-state index contributed by atoms with van der Waals surface area (Å²) in [5, 5.41) is 0. The van der Waals surface area contributed by atoms with E-state index in [0.717, 1.165) is 23.9 Å². The van der Waals surface area contributed by atoms with Crippen LogP contribution in [0.1, 0.15) is 13.3 Å². The fraction of sp³-hybridized carbons (Fsp3) is 1.00. The van der Waals surface area contributed by atoms with Crippen LogP contribution in [0.25, 0.3) is 0 Å². The Hall–Kier alpha value is 0.260. The average Bonchev–Trinajstić information content (AvgIpc) is 1.63. The van der Waals surface area contributed by atoms with E-state index in [2.05, 4.69) is 4.72 Å². The highest BCUT2D eigenvalue weighted by molar-refractivity contribution is 8.71. The van der Waals surface area contributed by atoms with Gasteiger partial charge in [0.05, 0.1) is 17.2 Å². The second-order valence-corrected chi connectivity index (χ2v) is 5.86. The average molecular weight is 169 g/mol. The Morgan fingerprint density at radius 2 is 2.11 bits per heavy atom. The lowest BCUT2D eigenvalue weighted by Crippen LogP contribution is -2.07. The maximum atomic E-state index is 10.4. The van der Waals surface area contributed by atoms with Gasteiger partial charge in [-0.1, -0.05) is 6.92 Å². The van der Waals surface area contributed by atoms with Gasteiger partial charge in [0, 0.05) is 6.54 Å². The summed E-state index contributed by atoms with van der Waals surface area (Å²) in [5.74, 6) is 0. The van der Waals surface area contributed by atoms with E-state index in [1.54, 1.807) is 0 Å². The lowest BCUT2D eigenvalue weighted by atomic mass is 10.5. The molecule has 0 saturated carbocycles. The van der Waals surface area contributed by atoms with Crippen molar-refractivity contribution in [2.45, 2.75) is 13.3 Å². The molecule has 5 heteroatoms. The van der Waals surface area contributed by atoms with Crippen LogP contribution in [0.2, 0.25) is 0 Å². The first kappa shape index (κ1) is 9.26. The molecule has 0 radical (unpaired) electrons. The van der Waals surface area contributed by atoms with E-state index in [4.69, 9.17) is 0 Å². The van der Waals surface area contributed by atoms with Gasteiger partial charge in [-0.15, -0.1) is 0 Å². The van der Waals surface area contributed by atoms with E-state index < -0.39 is 8.87 Å². The summed E-state index contributed by atoms with van der Waals surface area (Å²) in [4.78, 5) is 0. The van der Waals surface area contributed by atoms with Gasteiger partial charge in [-0.05, 0) is 6.42 Å². The standard InChI is InChI=1S/C4H11NO2S2/c1-3-4-5-8-9(2,6)7/h5H,3-4H2,1-2H3. The molecule has 56 valence electrons. The molecule has 0 aromatic carbocycles. The largest absolute Gasteiger partial charge is 0.251 e. The van der Waals surface area contributed by atoms with Gasteiger partial charge >= 0.3 is 0 Å². The van der Waals surface area contributed by atoms with Crippen LogP contribution in [0.15, 0.2) is 0 Å². The molecule has 0 saturated heterocycles. The first-order valence-electron chi connectivity index (χ1n) is 2.67. The Morgan fingerprint density at radius 1 is 1.56 bits per heavy atom. The number of nitrogens with one attached hydrogen (secondary N) is 1. The van der Waals surface area contributed by atoms with Gasteiger partial charge in [0.1, 0.15) is 0 Å². The second-order valence-electron chi connectivity index (χ2n) is 1.68. The highest BCUT2D eigenvalue weighted by Gasteiger charge is 1.99. The van der Waals surface area contributed by atoms with Crippen molar-refractivity contribution in [2.75, 3.05) is 12.8 Å². The minimum absolute atomic E-state index is 0.734. The second kappa shape index (κ2) is 4.14. The van der Waals surface area contributed by atoms with Gasteiger partial charge in [-0.2, -0.15) is 0 Å². The minimum atomic E-state index is -2.89. The van der Waals surface area contributed by atoms with Crippen molar-refractivity contribution >= 4 is 19.8 Å². The molecular weight excluding hydrogens is 158 g/mol. The summed E-state index contributed by atoms with van der Waals surface area (Å²) < 4.78 is 23.5. The van der Waals surface area contributed by atoms with Gasteiger partial charge in [0.2, 0.25) is 8.87 Å². The molecule has 9 heavy (non-hydrogen) atoms. The number of hydrogen-bond donors (Lipinski definition) is 1. The van der Waals surface area contributed by atoms with Gasteiger partial charge in [0.25, 0.3) is 0 Å². The minimum Gasteiger partial charge on any atom is -0.251 e. The SMILES string of the molecule is CCCNSS(C)(=O)=O. The topological polar surface area (TPSA) is 46.2 Å². The first-order valence-corrected chi connectivity index (χ1v) is 5.90. The van der Waals surface area contributed by atoms with Crippen LogP contribution >= 0.6 is 11.0 Å². The van der Waals surface area contributed by atoms with Crippen molar-refractivity contribution in [3.63, 3.8) is 0 Å². The van der Waals surface area contributed by atoms with Crippen LogP contribution in [-0.4, -0.2) is 21.2 Å². The fourth-order valence-corrected chi connectivity index (χ4v) is 1.64. The van der Waals surface area contributed by atoms with Crippen molar-refractivity contribution in [1.82, 2.24) is 4.72 Å². The molecule has 0 aliphatic heterocycles. The zero-order valence-corrected chi connectivity index (χ0v) is 7.18. The maximum Gasteiger partial charge on any atom is 0.212 e. The molecule has 0 bridgehead atoms. The van der Waals surface area contributed by atoms with E-state index in [1.165, 1.54) is 6.26 Å². The van der Waals surface area contributed by atoms with Crippen LogP contribution in [0.4, 0.5) is 0 Å². The molecule has 0 heterocycles. The van der Waals surface area contributed by atoms with Crippen LogP contribution in [0.3, 0.4) is 0 Å². The molecule has 0 unspecified atom stereocenters. The van der Waals surface area contributed by atoms with Gasteiger partial charge in [-0.3, -0.25) is 4.72 Å². The molecule has 0 rings (SSSR count). The number of hydrogen-bond acceptors (Lipinski definition) is 4. The predicted molar refractivity (Wildman–Crippen MR) is 40.7 cm³/mol. The Labute approximate surface area is 59.7 Å². The van der Waals surface area contributed by atoms with Crippen molar-refractivity contribution in [1.29, 1.82) is 0 Å². The molecule has 0 amide bonds. The Bertz CT molecular complexity index is 152. The highest BCUT2D eigenvalue weighted by Crippen LogP contribution is 2.02. The smallest absolute Gasteiger partial charge is 0.212 e. The summed E-state index contributed by atoms with van der Waals surface area (Å²) >= 11 is 0. The summed E-state index contributed by atoms with van der Waals surface area (Å²) in [5.41, 5.74) is 0. The molecule has 3 nitrogen and oxygen atoms in total. The van der Waals surface area contributed by atoms with Crippen LogP contribution in [-0.2, 0) is 8.87 Å². The molecule has 0 fully saturated rings. The number of rotatable bonds is 4. The van der Waals surface area contributed by atoms with E-state index in [1.807, 2.05) is 6.92 Å². The monoisotopic (exact) mass is 169 g/mol. The predicted octanol–water partition coefficient (Wildman–Crippen LogP) is 0.594. The quantitative estimate of drug-likeness (QED) is 0.380. The lowest BCUT2D eigenvalue weighted by Gasteiger charge is -1.96. The zero-order chi connectivity index (χ0) is 7.33. The molecule has 0 aromatic rings.